The molecule has 0 aromatic rings. The van der Waals surface area contributed by atoms with Gasteiger partial charge in [-0.05, 0) is 0 Å². The van der Waals surface area contributed by atoms with Gasteiger partial charge < -0.3 is 15.4 Å². The molecule has 0 fully saturated rings. The Bertz CT molecular complexity index is 65.4. The number of rotatable bonds is 1. The van der Waals surface area contributed by atoms with Crippen LogP contribution in [0.15, 0.2) is 0 Å². The van der Waals surface area contributed by atoms with E-state index in [1.807, 2.05) is 6.92 Å². The van der Waals surface area contributed by atoms with Crippen molar-refractivity contribution in [2.75, 3.05) is 0 Å². The van der Waals surface area contributed by atoms with E-state index in [0.717, 1.165) is 13.2 Å². The average molecular weight is 136 g/mol. The highest BCUT2D eigenvalue weighted by atomic mass is 16.4. The molecule has 4 nitrogen and oxygen atoms in total. The molecule has 0 saturated carbocycles. The van der Waals surface area contributed by atoms with Gasteiger partial charge >= 0.3 is 0 Å². The van der Waals surface area contributed by atoms with Crippen LogP contribution < -0.4 is 0 Å². The molecule has 0 atom stereocenters. The maximum atomic E-state index is 9.17. The van der Waals surface area contributed by atoms with Crippen molar-refractivity contribution in [2.45, 2.75) is 20.3 Å². The Morgan fingerprint density at radius 1 is 1.67 bits per heavy atom. The van der Waals surface area contributed by atoms with Crippen molar-refractivity contribution in [3.63, 3.8) is 0 Å². The minimum absolute atomic E-state index is 0. The number of carbonyl (C=O) groups excluding carboxylic acids is 1. The molecule has 3 N–H and O–H groups in total. The van der Waals surface area contributed by atoms with E-state index < -0.39 is 5.97 Å². The third-order valence-corrected chi connectivity index (χ3v) is 0.167. The fraction of sp³-hybridized carbons (Fsp3) is 0.600. The maximum Gasteiger partial charge on any atom is 0.300 e. The Labute approximate surface area is 53.8 Å². The lowest BCUT2D eigenvalue weighted by Crippen LogP contribution is -1.78. The molecule has 0 aromatic heterocycles. The SMILES string of the molecule is CC(=O)O.CCC=O.O. The number of hydrogen-bond donors (Lipinski definition) is 1. The topological polar surface area (TPSA) is 85.9 Å². The first kappa shape index (κ1) is 15.7. The lowest BCUT2D eigenvalue weighted by molar-refractivity contribution is -0.134. The molecule has 0 radical (unpaired) electrons. The molecule has 0 aromatic carbocycles. The minimum atomic E-state index is -0.833. The third-order valence-electron chi connectivity index (χ3n) is 0.167. The van der Waals surface area contributed by atoms with Crippen LogP contribution in [0.3, 0.4) is 0 Å². The summed E-state index contributed by atoms with van der Waals surface area (Å²) < 4.78 is 0. The molecule has 4 heteroatoms. The fourth-order valence-corrected chi connectivity index (χ4v) is 0. The maximum absolute atomic E-state index is 9.17. The molecule has 9 heavy (non-hydrogen) atoms. The lowest BCUT2D eigenvalue weighted by Gasteiger charge is -1.59. The van der Waals surface area contributed by atoms with Gasteiger partial charge in [0.05, 0.1) is 0 Å². The van der Waals surface area contributed by atoms with Gasteiger partial charge in [0, 0.05) is 13.3 Å². The molecule has 0 aliphatic rings. The van der Waals surface area contributed by atoms with E-state index >= 15 is 0 Å². The highest BCUT2D eigenvalue weighted by molar-refractivity contribution is 5.62. The van der Waals surface area contributed by atoms with E-state index in [2.05, 4.69) is 0 Å². The summed E-state index contributed by atoms with van der Waals surface area (Å²) in [6, 6.07) is 0. The average Bonchev–Trinajstić information content (AvgIpc) is 1.65. The number of carboxylic acids is 1. The van der Waals surface area contributed by atoms with Crippen LogP contribution in [0.1, 0.15) is 20.3 Å². The Morgan fingerprint density at radius 3 is 1.78 bits per heavy atom. The highest BCUT2D eigenvalue weighted by Crippen LogP contribution is 1.53. The molecule has 0 unspecified atom stereocenters. The number of carboxylic acid groups (broad SMARTS) is 1. The minimum Gasteiger partial charge on any atom is -0.481 e. The van der Waals surface area contributed by atoms with Gasteiger partial charge in [0.2, 0.25) is 0 Å². The van der Waals surface area contributed by atoms with E-state index in [4.69, 9.17) is 9.90 Å². The highest BCUT2D eigenvalue weighted by Gasteiger charge is 1.65. The van der Waals surface area contributed by atoms with Crippen molar-refractivity contribution >= 4 is 12.3 Å². The monoisotopic (exact) mass is 136 g/mol. The quantitative estimate of drug-likeness (QED) is 0.509. The second-order valence-corrected chi connectivity index (χ2v) is 1.09. The molecule has 0 heterocycles. The Balaban J connectivity index is -0.0000000720. The second kappa shape index (κ2) is 15.7. The summed E-state index contributed by atoms with van der Waals surface area (Å²) in [7, 11) is 0. The van der Waals surface area contributed by atoms with Crippen LogP contribution in [0, 0.1) is 0 Å². The Morgan fingerprint density at radius 2 is 1.78 bits per heavy atom. The van der Waals surface area contributed by atoms with Gasteiger partial charge in [-0.3, -0.25) is 4.79 Å². The molecule has 0 aliphatic heterocycles. The molecule has 0 spiro atoms. The zero-order valence-electron chi connectivity index (χ0n) is 5.55. The summed E-state index contributed by atoms with van der Waals surface area (Å²) in [5, 5.41) is 7.42. The first-order valence-electron chi connectivity index (χ1n) is 2.28. The first-order valence-corrected chi connectivity index (χ1v) is 2.28. The van der Waals surface area contributed by atoms with Crippen LogP contribution in [0.5, 0.6) is 0 Å². The Hall–Kier alpha value is -0.900. The Kier molecular flexibility index (Phi) is 27.4. The van der Waals surface area contributed by atoms with Gasteiger partial charge in [0.25, 0.3) is 5.97 Å². The fourth-order valence-electron chi connectivity index (χ4n) is 0. The summed E-state index contributed by atoms with van der Waals surface area (Å²) in [6.45, 7) is 2.90. The van der Waals surface area contributed by atoms with Gasteiger partial charge in [0.15, 0.2) is 0 Å². The zero-order valence-corrected chi connectivity index (χ0v) is 5.55. The van der Waals surface area contributed by atoms with Gasteiger partial charge in [-0.1, -0.05) is 6.92 Å². The van der Waals surface area contributed by atoms with E-state index in [1.54, 1.807) is 0 Å². The predicted molar refractivity (Wildman–Crippen MR) is 33.3 cm³/mol. The van der Waals surface area contributed by atoms with E-state index in [1.165, 1.54) is 0 Å². The van der Waals surface area contributed by atoms with Crippen LogP contribution in [-0.4, -0.2) is 22.8 Å². The predicted octanol–water partition coefficient (Wildman–Crippen LogP) is -0.139. The zero-order chi connectivity index (χ0) is 6.99. The summed E-state index contributed by atoms with van der Waals surface area (Å²) >= 11 is 0. The molecule has 0 aliphatic carbocycles. The van der Waals surface area contributed by atoms with E-state index in [0.29, 0.717) is 6.42 Å². The van der Waals surface area contributed by atoms with E-state index in [9.17, 15) is 4.79 Å². The van der Waals surface area contributed by atoms with Crippen LogP contribution >= 0.6 is 0 Å². The van der Waals surface area contributed by atoms with Crippen LogP contribution in [0.2, 0.25) is 0 Å². The van der Waals surface area contributed by atoms with Crippen molar-refractivity contribution < 1.29 is 20.2 Å². The standard InChI is InChI=1S/C3H6O.C2H4O2.H2O/c1-2-3-4;1-2(3)4;/h3H,2H2,1H3;1H3,(H,3,4);1H2. The lowest BCUT2D eigenvalue weighted by atomic mass is 10.6. The number of aliphatic carboxylic acids is 1. The van der Waals surface area contributed by atoms with Gasteiger partial charge in [-0.2, -0.15) is 0 Å². The number of aldehydes is 1. The summed E-state index contributed by atoms with van der Waals surface area (Å²) in [4.78, 5) is 18.2. The number of hydrogen-bond acceptors (Lipinski definition) is 2. The largest absolute Gasteiger partial charge is 0.481 e. The molecule has 56 valence electrons. The van der Waals surface area contributed by atoms with Crippen molar-refractivity contribution in [2.24, 2.45) is 0 Å². The summed E-state index contributed by atoms with van der Waals surface area (Å²) in [5.41, 5.74) is 0. The van der Waals surface area contributed by atoms with Gasteiger partial charge in [-0.25, -0.2) is 0 Å². The van der Waals surface area contributed by atoms with Crippen LogP contribution in [-0.2, 0) is 9.59 Å². The smallest absolute Gasteiger partial charge is 0.300 e. The van der Waals surface area contributed by atoms with Crippen LogP contribution in [0.4, 0.5) is 0 Å². The molecular formula is C5H12O4. The number of carbonyl (C=O) groups is 2. The normalized spacial score (nSPS) is 5.56. The molecule has 0 rings (SSSR count). The second-order valence-electron chi connectivity index (χ2n) is 1.09. The van der Waals surface area contributed by atoms with Gasteiger partial charge in [0.1, 0.15) is 6.29 Å². The van der Waals surface area contributed by atoms with Gasteiger partial charge in [-0.15, -0.1) is 0 Å². The van der Waals surface area contributed by atoms with Crippen LogP contribution in [0.25, 0.3) is 0 Å². The molecule has 0 saturated heterocycles. The molecular weight excluding hydrogens is 124 g/mol. The summed E-state index contributed by atoms with van der Waals surface area (Å²) in [5.74, 6) is -0.833. The van der Waals surface area contributed by atoms with E-state index in [-0.39, 0.29) is 5.48 Å². The third kappa shape index (κ3) is 18500. The van der Waals surface area contributed by atoms with Crippen molar-refractivity contribution in [1.82, 2.24) is 0 Å². The molecule has 0 amide bonds. The van der Waals surface area contributed by atoms with Crippen molar-refractivity contribution in [3.8, 4) is 0 Å². The summed E-state index contributed by atoms with van der Waals surface area (Å²) in [6.07, 6.45) is 1.51. The van der Waals surface area contributed by atoms with Crippen molar-refractivity contribution in [1.29, 1.82) is 0 Å². The first-order chi connectivity index (χ1) is 3.65. The van der Waals surface area contributed by atoms with Crippen molar-refractivity contribution in [3.05, 3.63) is 0 Å². The molecule has 0 bridgehead atoms.